The summed E-state index contributed by atoms with van der Waals surface area (Å²) in [6.07, 6.45) is 0. The molecule has 0 atom stereocenters. The van der Waals surface area contributed by atoms with Crippen LogP contribution in [0.3, 0.4) is 0 Å². The second-order valence-corrected chi connectivity index (χ2v) is 14.3. The Labute approximate surface area is 319 Å². The Balaban J connectivity index is 1.10. The van der Waals surface area contributed by atoms with E-state index >= 15 is 0 Å². The molecule has 0 unspecified atom stereocenters. The first-order valence-corrected chi connectivity index (χ1v) is 18.9. The highest BCUT2D eigenvalue weighted by molar-refractivity contribution is 6.22. The van der Waals surface area contributed by atoms with E-state index in [2.05, 4.69) is 211 Å². The summed E-state index contributed by atoms with van der Waals surface area (Å²) in [5, 5.41) is 9.95. The molecule has 0 bridgehead atoms. The minimum Gasteiger partial charge on any atom is -0.292 e. The molecular weight excluding hydrogens is 665 g/mol. The lowest BCUT2D eigenvalue weighted by molar-refractivity contribution is 1.10. The fraction of sp³-hybridized carbons (Fsp3) is 0. The molecule has 10 aromatic carbocycles. The van der Waals surface area contributed by atoms with E-state index in [9.17, 15) is 0 Å². The average molecular weight is 699 g/mol. The van der Waals surface area contributed by atoms with Gasteiger partial charge in [0.25, 0.3) is 0 Å². The van der Waals surface area contributed by atoms with Gasteiger partial charge < -0.3 is 0 Å². The first-order valence-electron chi connectivity index (χ1n) is 18.9. The number of fused-ring (bicyclic) bond motifs is 5. The number of aromatic nitrogens is 2. The van der Waals surface area contributed by atoms with Crippen molar-refractivity contribution in [2.75, 3.05) is 0 Å². The predicted octanol–water partition coefficient (Wildman–Crippen LogP) is 14.3. The van der Waals surface area contributed by atoms with Gasteiger partial charge in [-0.05, 0) is 107 Å². The van der Waals surface area contributed by atoms with Gasteiger partial charge in [-0.15, -0.1) is 0 Å². The van der Waals surface area contributed by atoms with Crippen molar-refractivity contribution in [1.82, 2.24) is 9.55 Å². The van der Waals surface area contributed by atoms with Crippen LogP contribution in [0, 0.1) is 0 Å². The van der Waals surface area contributed by atoms with Crippen molar-refractivity contribution in [2.45, 2.75) is 0 Å². The van der Waals surface area contributed by atoms with E-state index in [0.29, 0.717) is 0 Å². The molecule has 0 aliphatic rings. The monoisotopic (exact) mass is 698 g/mol. The fourth-order valence-corrected chi connectivity index (χ4v) is 8.64. The number of benzene rings is 10. The Morgan fingerprint density at radius 1 is 0.327 bits per heavy atom. The average Bonchev–Trinajstić information content (AvgIpc) is 3.64. The van der Waals surface area contributed by atoms with Crippen LogP contribution in [-0.2, 0) is 0 Å². The van der Waals surface area contributed by atoms with Crippen LogP contribution in [0.5, 0.6) is 0 Å². The third-order valence-corrected chi connectivity index (χ3v) is 11.2. The van der Waals surface area contributed by atoms with Crippen LogP contribution in [-0.4, -0.2) is 9.55 Å². The third-order valence-electron chi connectivity index (χ3n) is 11.2. The molecule has 55 heavy (non-hydrogen) atoms. The van der Waals surface area contributed by atoms with Crippen molar-refractivity contribution in [3.05, 3.63) is 206 Å². The molecule has 0 N–H and O–H groups in total. The van der Waals surface area contributed by atoms with Crippen molar-refractivity contribution >= 4 is 54.1 Å². The van der Waals surface area contributed by atoms with Crippen LogP contribution in [0.1, 0.15) is 0 Å². The molecular formula is C53H34N2. The fourth-order valence-electron chi connectivity index (χ4n) is 8.64. The molecule has 11 aromatic rings. The Kier molecular flexibility index (Phi) is 7.21. The SMILES string of the molecule is c1ccc(-n2c(-c3ccc(-c4cccc5ccccc45)cc3)nc3cc(-c4c5ccccc5c(-c5ccc6ccccc6c5)c5ccccc45)ccc32)cc1. The number of imidazole rings is 1. The summed E-state index contributed by atoms with van der Waals surface area (Å²) in [4.78, 5) is 5.41. The quantitative estimate of drug-likeness (QED) is 0.164. The van der Waals surface area contributed by atoms with Crippen molar-refractivity contribution < 1.29 is 0 Å². The maximum absolute atomic E-state index is 5.41. The molecule has 2 nitrogen and oxygen atoms in total. The van der Waals surface area contributed by atoms with Gasteiger partial charge in [-0.25, -0.2) is 4.98 Å². The zero-order chi connectivity index (χ0) is 36.3. The molecule has 256 valence electrons. The molecule has 0 saturated heterocycles. The number of rotatable bonds is 5. The summed E-state index contributed by atoms with van der Waals surface area (Å²) in [6, 6.07) is 74.6. The van der Waals surface area contributed by atoms with Crippen molar-refractivity contribution in [3.8, 4) is 50.5 Å². The zero-order valence-electron chi connectivity index (χ0n) is 30.0. The van der Waals surface area contributed by atoms with Gasteiger partial charge in [0.15, 0.2) is 0 Å². The molecule has 1 aromatic heterocycles. The minimum atomic E-state index is 0.921. The van der Waals surface area contributed by atoms with Crippen LogP contribution in [0.2, 0.25) is 0 Å². The standard InChI is InChI=1S/C53H34N2/c1-2-17-42(18-3-1)55-50-32-31-41(34-49(50)54-53(55)38-28-26-37(27-29-38)44-24-12-16-36-14-6-7-19-43(36)44)52-47-22-10-8-20-45(47)51(46-21-9-11-23-48(46)52)40-30-25-35-13-4-5-15-39(35)33-40/h1-34H. The molecule has 11 rings (SSSR count). The van der Waals surface area contributed by atoms with Gasteiger partial charge >= 0.3 is 0 Å². The first-order chi connectivity index (χ1) is 27.3. The van der Waals surface area contributed by atoms with E-state index in [4.69, 9.17) is 4.98 Å². The maximum atomic E-state index is 5.41. The number of nitrogens with zero attached hydrogens (tertiary/aromatic N) is 2. The van der Waals surface area contributed by atoms with Crippen molar-refractivity contribution in [2.24, 2.45) is 0 Å². The molecule has 0 saturated carbocycles. The van der Waals surface area contributed by atoms with Crippen LogP contribution >= 0.6 is 0 Å². The summed E-state index contributed by atoms with van der Waals surface area (Å²) in [5.74, 6) is 0.921. The number of hydrogen-bond acceptors (Lipinski definition) is 1. The lowest BCUT2D eigenvalue weighted by atomic mass is 9.85. The zero-order valence-corrected chi connectivity index (χ0v) is 30.0. The first kappa shape index (κ1) is 31.3. The number of para-hydroxylation sites is 1. The summed E-state index contributed by atoms with van der Waals surface area (Å²) in [6.45, 7) is 0. The van der Waals surface area contributed by atoms with E-state index in [1.165, 1.54) is 70.9 Å². The second kappa shape index (κ2) is 12.7. The lowest BCUT2D eigenvalue weighted by Gasteiger charge is -2.18. The van der Waals surface area contributed by atoms with Crippen molar-refractivity contribution in [1.29, 1.82) is 0 Å². The number of hydrogen-bond donors (Lipinski definition) is 0. The van der Waals surface area contributed by atoms with Gasteiger partial charge in [0.05, 0.1) is 11.0 Å². The summed E-state index contributed by atoms with van der Waals surface area (Å²) in [5.41, 5.74) is 11.5. The largest absolute Gasteiger partial charge is 0.292 e. The molecule has 0 radical (unpaired) electrons. The van der Waals surface area contributed by atoms with Crippen LogP contribution in [0.15, 0.2) is 206 Å². The van der Waals surface area contributed by atoms with Crippen LogP contribution in [0.4, 0.5) is 0 Å². The Morgan fingerprint density at radius 2 is 0.836 bits per heavy atom. The lowest BCUT2D eigenvalue weighted by Crippen LogP contribution is -1.97. The molecule has 0 spiro atoms. The van der Waals surface area contributed by atoms with Gasteiger partial charge in [0.1, 0.15) is 5.82 Å². The van der Waals surface area contributed by atoms with E-state index in [0.717, 1.165) is 33.7 Å². The van der Waals surface area contributed by atoms with Gasteiger partial charge in [0.2, 0.25) is 0 Å². The van der Waals surface area contributed by atoms with E-state index in [-0.39, 0.29) is 0 Å². The van der Waals surface area contributed by atoms with E-state index < -0.39 is 0 Å². The highest BCUT2D eigenvalue weighted by atomic mass is 15.1. The molecule has 1 heterocycles. The Morgan fingerprint density at radius 3 is 1.53 bits per heavy atom. The molecule has 0 aliphatic carbocycles. The van der Waals surface area contributed by atoms with E-state index in [1.807, 2.05) is 0 Å². The molecule has 0 amide bonds. The second-order valence-electron chi connectivity index (χ2n) is 14.3. The maximum Gasteiger partial charge on any atom is 0.145 e. The molecule has 0 fully saturated rings. The summed E-state index contributed by atoms with van der Waals surface area (Å²) in [7, 11) is 0. The Hall–Kier alpha value is -7.29. The predicted molar refractivity (Wildman–Crippen MR) is 233 cm³/mol. The van der Waals surface area contributed by atoms with E-state index in [1.54, 1.807) is 0 Å². The summed E-state index contributed by atoms with van der Waals surface area (Å²) >= 11 is 0. The van der Waals surface area contributed by atoms with Crippen LogP contribution < -0.4 is 0 Å². The van der Waals surface area contributed by atoms with Gasteiger partial charge in [0, 0.05) is 11.3 Å². The normalized spacial score (nSPS) is 11.6. The third kappa shape index (κ3) is 5.15. The summed E-state index contributed by atoms with van der Waals surface area (Å²) < 4.78 is 2.30. The Bertz CT molecular complexity index is 3180. The molecule has 2 heteroatoms. The highest BCUT2D eigenvalue weighted by Gasteiger charge is 2.20. The smallest absolute Gasteiger partial charge is 0.145 e. The van der Waals surface area contributed by atoms with Crippen molar-refractivity contribution in [3.63, 3.8) is 0 Å². The minimum absolute atomic E-state index is 0.921. The highest BCUT2D eigenvalue weighted by Crippen LogP contribution is 2.45. The topological polar surface area (TPSA) is 17.8 Å². The van der Waals surface area contributed by atoms with Gasteiger partial charge in [-0.3, -0.25) is 4.57 Å². The van der Waals surface area contributed by atoms with Crippen LogP contribution in [0.25, 0.3) is 105 Å². The van der Waals surface area contributed by atoms with Gasteiger partial charge in [-0.1, -0.05) is 176 Å². The van der Waals surface area contributed by atoms with Gasteiger partial charge in [-0.2, -0.15) is 0 Å². The molecule has 0 aliphatic heterocycles.